The van der Waals surface area contributed by atoms with E-state index in [0.29, 0.717) is 23.9 Å². The molecule has 2 rings (SSSR count). The van der Waals surface area contributed by atoms with Crippen LogP contribution in [0.3, 0.4) is 0 Å². The van der Waals surface area contributed by atoms with Crippen molar-refractivity contribution in [2.75, 3.05) is 7.11 Å². The van der Waals surface area contributed by atoms with Crippen molar-refractivity contribution in [1.82, 2.24) is 15.3 Å². The Bertz CT molecular complexity index is 440. The highest BCUT2D eigenvalue weighted by atomic mass is 35.5. The fraction of sp³-hybridized carbons (Fsp3) is 0.375. The van der Waals surface area contributed by atoms with Crippen LogP contribution < -0.4 is 0 Å². The van der Waals surface area contributed by atoms with Gasteiger partial charge in [0.05, 0.1) is 5.88 Å². The van der Waals surface area contributed by atoms with Gasteiger partial charge in [-0.3, -0.25) is 0 Å². The fourth-order valence-corrected chi connectivity index (χ4v) is 1.14. The van der Waals surface area contributed by atoms with Crippen molar-refractivity contribution in [2.24, 2.45) is 0 Å². The minimum Gasteiger partial charge on any atom is -0.377 e. The third-order valence-corrected chi connectivity index (χ3v) is 1.89. The molecule has 0 unspecified atom stereocenters. The van der Waals surface area contributed by atoms with E-state index >= 15 is 0 Å². The Morgan fingerprint density at radius 1 is 1.40 bits per heavy atom. The molecular formula is C8H8ClN3O3. The van der Waals surface area contributed by atoms with Crippen LogP contribution in [-0.4, -0.2) is 22.4 Å². The summed E-state index contributed by atoms with van der Waals surface area (Å²) in [6, 6.07) is 1.68. The van der Waals surface area contributed by atoms with Crippen molar-refractivity contribution in [3.63, 3.8) is 0 Å². The molecule has 0 bridgehead atoms. The highest BCUT2D eigenvalue weighted by Gasteiger charge is 2.13. The molecule has 15 heavy (non-hydrogen) atoms. The summed E-state index contributed by atoms with van der Waals surface area (Å²) < 4.78 is 14.8. The Morgan fingerprint density at radius 2 is 2.27 bits per heavy atom. The van der Waals surface area contributed by atoms with Gasteiger partial charge in [-0.05, 0) is 0 Å². The maximum atomic E-state index is 5.53. The number of ether oxygens (including phenoxy) is 1. The number of methoxy groups -OCH3 is 1. The number of nitrogens with zero attached hydrogens (tertiary/aromatic N) is 3. The van der Waals surface area contributed by atoms with Crippen LogP contribution in [0, 0.1) is 0 Å². The second kappa shape index (κ2) is 4.41. The lowest BCUT2D eigenvalue weighted by atomic mass is 10.4. The lowest BCUT2D eigenvalue weighted by Gasteiger charge is -1.87. The first kappa shape index (κ1) is 10.1. The van der Waals surface area contributed by atoms with Gasteiger partial charge >= 0.3 is 0 Å². The highest BCUT2D eigenvalue weighted by Crippen LogP contribution is 2.17. The van der Waals surface area contributed by atoms with Gasteiger partial charge in [-0.15, -0.1) is 11.6 Å². The largest absolute Gasteiger partial charge is 0.377 e. The topological polar surface area (TPSA) is 74.2 Å². The van der Waals surface area contributed by atoms with Crippen LogP contribution in [0.25, 0.3) is 11.6 Å². The Labute approximate surface area is 90.2 Å². The molecule has 2 aromatic rings. The average Bonchev–Trinajstić information content (AvgIpc) is 2.85. The smallest absolute Gasteiger partial charge is 0.280 e. The molecule has 7 heteroatoms. The Morgan fingerprint density at radius 3 is 2.93 bits per heavy atom. The molecule has 80 valence electrons. The summed E-state index contributed by atoms with van der Waals surface area (Å²) in [6.07, 6.45) is 0. The van der Waals surface area contributed by atoms with Gasteiger partial charge in [0.25, 0.3) is 5.89 Å². The summed E-state index contributed by atoms with van der Waals surface area (Å²) >= 11 is 5.53. The Hall–Kier alpha value is -1.40. The van der Waals surface area contributed by atoms with Crippen LogP contribution in [-0.2, 0) is 17.2 Å². The second-order valence-electron chi connectivity index (χ2n) is 2.76. The lowest BCUT2D eigenvalue weighted by molar-refractivity contribution is 0.156. The molecule has 0 N–H and O–H groups in total. The molecule has 2 aromatic heterocycles. The van der Waals surface area contributed by atoms with Crippen molar-refractivity contribution in [2.45, 2.75) is 12.5 Å². The summed E-state index contributed by atoms with van der Waals surface area (Å²) in [5, 5.41) is 7.39. The monoisotopic (exact) mass is 229 g/mol. The van der Waals surface area contributed by atoms with E-state index in [2.05, 4.69) is 15.3 Å². The SMILES string of the molecule is COCc1cc(-c2nc(CCl)no2)no1. The highest BCUT2D eigenvalue weighted by molar-refractivity contribution is 6.16. The molecule has 0 aliphatic heterocycles. The standard InChI is InChI=1S/C8H8ClN3O3/c1-13-4-5-2-6(11-14-5)8-10-7(3-9)12-15-8/h2H,3-4H2,1H3. The van der Waals surface area contributed by atoms with E-state index in [9.17, 15) is 0 Å². The summed E-state index contributed by atoms with van der Waals surface area (Å²) in [5.41, 5.74) is 0.478. The van der Waals surface area contributed by atoms with Crippen LogP contribution in [0.5, 0.6) is 0 Å². The molecule has 0 saturated heterocycles. The number of aromatic nitrogens is 3. The molecule has 2 heterocycles. The van der Waals surface area contributed by atoms with Gasteiger partial charge < -0.3 is 13.8 Å². The summed E-state index contributed by atoms with van der Waals surface area (Å²) in [6.45, 7) is 0.351. The van der Waals surface area contributed by atoms with Gasteiger partial charge in [0.1, 0.15) is 6.61 Å². The second-order valence-corrected chi connectivity index (χ2v) is 3.03. The zero-order chi connectivity index (χ0) is 10.7. The van der Waals surface area contributed by atoms with Crippen LogP contribution >= 0.6 is 11.6 Å². The number of hydrogen-bond acceptors (Lipinski definition) is 6. The molecule has 0 radical (unpaired) electrons. The van der Waals surface area contributed by atoms with E-state index in [1.54, 1.807) is 13.2 Å². The van der Waals surface area contributed by atoms with Crippen LogP contribution in [0.4, 0.5) is 0 Å². The third kappa shape index (κ3) is 2.16. The summed E-state index contributed by atoms with van der Waals surface area (Å²) in [4.78, 5) is 4.00. The van der Waals surface area contributed by atoms with Crippen molar-refractivity contribution in [1.29, 1.82) is 0 Å². The van der Waals surface area contributed by atoms with E-state index in [1.165, 1.54) is 0 Å². The van der Waals surface area contributed by atoms with E-state index in [1.807, 2.05) is 0 Å². The van der Waals surface area contributed by atoms with E-state index in [4.69, 9.17) is 25.4 Å². The Balaban J connectivity index is 2.21. The molecule has 6 nitrogen and oxygen atoms in total. The zero-order valence-corrected chi connectivity index (χ0v) is 8.69. The number of alkyl halides is 1. The van der Waals surface area contributed by atoms with Gasteiger partial charge in [-0.2, -0.15) is 4.98 Å². The van der Waals surface area contributed by atoms with Crippen LogP contribution in [0.15, 0.2) is 15.1 Å². The molecule has 0 aliphatic rings. The summed E-state index contributed by atoms with van der Waals surface area (Å²) in [7, 11) is 1.57. The fourth-order valence-electron chi connectivity index (χ4n) is 1.04. The van der Waals surface area contributed by atoms with Gasteiger partial charge in [0.15, 0.2) is 17.3 Å². The van der Waals surface area contributed by atoms with Crippen molar-refractivity contribution >= 4 is 11.6 Å². The van der Waals surface area contributed by atoms with Crippen molar-refractivity contribution in [3.05, 3.63) is 17.7 Å². The van der Waals surface area contributed by atoms with E-state index < -0.39 is 0 Å². The van der Waals surface area contributed by atoms with Crippen molar-refractivity contribution in [3.8, 4) is 11.6 Å². The number of halogens is 1. The first-order chi connectivity index (χ1) is 7.33. The van der Waals surface area contributed by atoms with Gasteiger partial charge in [0.2, 0.25) is 0 Å². The molecule has 0 fully saturated rings. The lowest BCUT2D eigenvalue weighted by Crippen LogP contribution is -1.82. The predicted molar refractivity (Wildman–Crippen MR) is 50.1 cm³/mol. The molecule has 0 aromatic carbocycles. The van der Waals surface area contributed by atoms with Gasteiger partial charge in [-0.25, -0.2) is 0 Å². The normalized spacial score (nSPS) is 10.8. The van der Waals surface area contributed by atoms with Crippen LogP contribution in [0.1, 0.15) is 11.6 Å². The molecule has 0 amide bonds. The van der Waals surface area contributed by atoms with Gasteiger partial charge in [-0.1, -0.05) is 10.3 Å². The first-order valence-corrected chi connectivity index (χ1v) is 4.70. The van der Waals surface area contributed by atoms with Gasteiger partial charge in [0, 0.05) is 13.2 Å². The number of rotatable bonds is 4. The molecule has 0 spiro atoms. The minimum atomic E-state index is 0.201. The molecule has 0 saturated carbocycles. The zero-order valence-electron chi connectivity index (χ0n) is 7.94. The number of hydrogen-bond donors (Lipinski definition) is 0. The minimum absolute atomic E-state index is 0.201. The molecule has 0 atom stereocenters. The quantitative estimate of drug-likeness (QED) is 0.742. The Kier molecular flexibility index (Phi) is 2.98. The average molecular weight is 230 g/mol. The first-order valence-electron chi connectivity index (χ1n) is 4.17. The maximum Gasteiger partial charge on any atom is 0.280 e. The van der Waals surface area contributed by atoms with Crippen LogP contribution in [0.2, 0.25) is 0 Å². The van der Waals surface area contributed by atoms with E-state index in [-0.39, 0.29) is 11.8 Å². The predicted octanol–water partition coefficient (Wildman–Crippen LogP) is 1.61. The van der Waals surface area contributed by atoms with E-state index in [0.717, 1.165) is 0 Å². The molecule has 0 aliphatic carbocycles. The van der Waals surface area contributed by atoms with Crippen molar-refractivity contribution < 1.29 is 13.8 Å². The third-order valence-electron chi connectivity index (χ3n) is 1.65. The molecular weight excluding hydrogens is 222 g/mol. The maximum absolute atomic E-state index is 5.53. The summed E-state index contributed by atoms with van der Waals surface area (Å²) in [5.74, 6) is 1.50.